The van der Waals surface area contributed by atoms with Crippen molar-refractivity contribution in [2.45, 2.75) is 25.8 Å². The highest BCUT2D eigenvalue weighted by Crippen LogP contribution is 2.26. The normalized spacial score (nSPS) is 16.8. The van der Waals surface area contributed by atoms with Gasteiger partial charge in [0.05, 0.1) is 18.9 Å². The first-order valence-electron chi connectivity index (χ1n) is 8.38. The zero-order valence-electron chi connectivity index (χ0n) is 14.4. The predicted molar refractivity (Wildman–Crippen MR) is 96.4 cm³/mol. The van der Waals surface area contributed by atoms with Crippen LogP contribution in [0.2, 0.25) is 0 Å². The van der Waals surface area contributed by atoms with Gasteiger partial charge in [-0.05, 0) is 23.6 Å². The van der Waals surface area contributed by atoms with Crippen LogP contribution in [0.1, 0.15) is 37.1 Å². The molecular formula is C18H22FN3O2S. The molecule has 1 amide bonds. The smallest absolute Gasteiger partial charge is 0.248 e. The van der Waals surface area contributed by atoms with Gasteiger partial charge in [0.1, 0.15) is 11.9 Å². The lowest BCUT2D eigenvalue weighted by Crippen LogP contribution is -2.43. The van der Waals surface area contributed by atoms with Crippen LogP contribution < -0.4 is 5.32 Å². The van der Waals surface area contributed by atoms with E-state index in [0.29, 0.717) is 37.4 Å². The fraction of sp³-hybridized carbons (Fsp3) is 0.444. The minimum Gasteiger partial charge on any atom is -0.379 e. The summed E-state index contributed by atoms with van der Waals surface area (Å²) in [5.41, 5.74) is 1.73. The number of aromatic nitrogens is 1. The third kappa shape index (κ3) is 4.42. The highest BCUT2D eigenvalue weighted by molar-refractivity contribution is 7.13. The van der Waals surface area contributed by atoms with Crippen molar-refractivity contribution in [3.05, 3.63) is 46.7 Å². The maximum Gasteiger partial charge on any atom is 0.248 e. The summed E-state index contributed by atoms with van der Waals surface area (Å²) >= 11 is 1.42. The Labute approximate surface area is 150 Å². The second-order valence-electron chi connectivity index (χ2n) is 6.32. The molecule has 2 aromatic rings. The first kappa shape index (κ1) is 18.0. The van der Waals surface area contributed by atoms with E-state index in [9.17, 15) is 9.18 Å². The van der Waals surface area contributed by atoms with Gasteiger partial charge in [-0.1, -0.05) is 26.0 Å². The summed E-state index contributed by atoms with van der Waals surface area (Å²) in [7, 11) is 0. The van der Waals surface area contributed by atoms with Gasteiger partial charge in [0.25, 0.3) is 0 Å². The van der Waals surface area contributed by atoms with Crippen LogP contribution in [0.3, 0.4) is 0 Å². The standard InChI is InChI=1S/C18H22FN3O2S/c1-12(2)15-11-25-18(20-15)21-17(23)16(22-7-9-24-10-8-22)13-3-5-14(19)6-4-13/h3-6,11-12,16H,7-10H2,1-2H3,(H,20,21,23)/t16-/m0/s1. The van der Waals surface area contributed by atoms with Crippen molar-refractivity contribution >= 4 is 22.4 Å². The molecule has 5 nitrogen and oxygen atoms in total. The van der Waals surface area contributed by atoms with Crippen LogP contribution in [0.5, 0.6) is 0 Å². The number of hydrogen-bond acceptors (Lipinski definition) is 5. The van der Waals surface area contributed by atoms with E-state index >= 15 is 0 Å². The SMILES string of the molecule is CC(C)c1csc(NC(=O)[C@H](c2ccc(F)cc2)N2CCOCC2)n1. The largest absolute Gasteiger partial charge is 0.379 e. The summed E-state index contributed by atoms with van der Waals surface area (Å²) in [4.78, 5) is 19.5. The number of nitrogens with zero attached hydrogens (tertiary/aromatic N) is 2. The summed E-state index contributed by atoms with van der Waals surface area (Å²) < 4.78 is 18.7. The number of hydrogen-bond donors (Lipinski definition) is 1. The lowest BCUT2D eigenvalue weighted by atomic mass is 10.0. The molecule has 1 aliphatic heterocycles. The fourth-order valence-electron chi connectivity index (χ4n) is 2.79. The highest BCUT2D eigenvalue weighted by Gasteiger charge is 2.29. The van der Waals surface area contributed by atoms with Crippen molar-refractivity contribution in [2.24, 2.45) is 0 Å². The van der Waals surface area contributed by atoms with Crippen molar-refractivity contribution < 1.29 is 13.9 Å². The van der Waals surface area contributed by atoms with Crippen molar-refractivity contribution in [3.8, 4) is 0 Å². The number of morpholine rings is 1. The molecule has 0 unspecified atom stereocenters. The maximum absolute atomic E-state index is 13.3. The van der Waals surface area contributed by atoms with E-state index in [1.165, 1.54) is 23.5 Å². The lowest BCUT2D eigenvalue weighted by molar-refractivity contribution is -0.123. The molecule has 1 aromatic carbocycles. The quantitative estimate of drug-likeness (QED) is 0.884. The Morgan fingerprint density at radius 3 is 2.56 bits per heavy atom. The second-order valence-corrected chi connectivity index (χ2v) is 7.18. The number of ether oxygens (including phenoxy) is 1. The van der Waals surface area contributed by atoms with E-state index in [1.54, 1.807) is 12.1 Å². The number of carbonyl (C=O) groups is 1. The van der Waals surface area contributed by atoms with Crippen LogP contribution in [0.25, 0.3) is 0 Å². The summed E-state index contributed by atoms with van der Waals surface area (Å²) in [6.45, 7) is 6.61. The number of halogens is 1. The van der Waals surface area contributed by atoms with Gasteiger partial charge in [-0.2, -0.15) is 0 Å². The number of rotatable bonds is 5. The van der Waals surface area contributed by atoms with Crippen LogP contribution in [-0.4, -0.2) is 42.1 Å². The van der Waals surface area contributed by atoms with Crippen LogP contribution in [-0.2, 0) is 9.53 Å². The number of nitrogens with one attached hydrogen (secondary N) is 1. The monoisotopic (exact) mass is 363 g/mol. The van der Waals surface area contributed by atoms with Gasteiger partial charge in [-0.3, -0.25) is 9.69 Å². The van der Waals surface area contributed by atoms with Crippen molar-refractivity contribution in [3.63, 3.8) is 0 Å². The number of thiazole rings is 1. The minimum absolute atomic E-state index is 0.154. The van der Waals surface area contributed by atoms with Gasteiger partial charge >= 0.3 is 0 Å². The zero-order chi connectivity index (χ0) is 17.8. The van der Waals surface area contributed by atoms with Gasteiger partial charge < -0.3 is 10.1 Å². The lowest BCUT2D eigenvalue weighted by Gasteiger charge is -2.33. The predicted octanol–water partition coefficient (Wildman–Crippen LogP) is 3.42. The molecule has 7 heteroatoms. The van der Waals surface area contributed by atoms with E-state index in [4.69, 9.17) is 4.74 Å². The number of anilines is 1. The van der Waals surface area contributed by atoms with Crippen LogP contribution in [0.4, 0.5) is 9.52 Å². The molecular weight excluding hydrogens is 341 g/mol. The minimum atomic E-state index is -0.490. The third-order valence-corrected chi connectivity index (χ3v) is 4.96. The molecule has 0 radical (unpaired) electrons. The number of carbonyl (C=O) groups excluding carboxylic acids is 1. The molecule has 1 aliphatic rings. The number of amides is 1. The van der Waals surface area contributed by atoms with Gasteiger partial charge in [0.15, 0.2) is 5.13 Å². The van der Waals surface area contributed by atoms with Crippen molar-refractivity contribution in [1.82, 2.24) is 9.88 Å². The van der Waals surface area contributed by atoms with Crippen LogP contribution in [0.15, 0.2) is 29.6 Å². The van der Waals surface area contributed by atoms with Gasteiger partial charge in [0, 0.05) is 18.5 Å². The summed E-state index contributed by atoms with van der Waals surface area (Å²) in [5, 5.41) is 5.47. The Balaban J connectivity index is 1.81. The number of benzene rings is 1. The molecule has 0 spiro atoms. The average molecular weight is 363 g/mol. The summed E-state index contributed by atoms with van der Waals surface area (Å²) in [5.74, 6) is -0.154. The first-order valence-corrected chi connectivity index (χ1v) is 9.26. The molecule has 1 saturated heterocycles. The second kappa shape index (κ2) is 8.03. The van der Waals surface area contributed by atoms with Gasteiger partial charge in [-0.15, -0.1) is 11.3 Å². The molecule has 1 N–H and O–H groups in total. The Bertz CT molecular complexity index is 711. The Hall–Kier alpha value is -1.83. The molecule has 1 aromatic heterocycles. The first-order chi connectivity index (χ1) is 12.0. The molecule has 1 atom stereocenters. The summed E-state index contributed by atoms with van der Waals surface area (Å²) in [6, 6.07) is 5.61. The van der Waals surface area contributed by atoms with Gasteiger partial charge in [-0.25, -0.2) is 9.37 Å². The van der Waals surface area contributed by atoms with Crippen LogP contribution >= 0.6 is 11.3 Å². The van der Waals surface area contributed by atoms with E-state index in [-0.39, 0.29) is 11.7 Å². The van der Waals surface area contributed by atoms with E-state index in [2.05, 4.69) is 29.0 Å². The molecule has 25 heavy (non-hydrogen) atoms. The van der Waals surface area contributed by atoms with Crippen molar-refractivity contribution in [1.29, 1.82) is 0 Å². The molecule has 0 bridgehead atoms. The Kier molecular flexibility index (Phi) is 5.78. The fourth-order valence-corrected chi connectivity index (χ4v) is 3.67. The molecule has 2 heterocycles. The molecule has 3 rings (SSSR count). The Morgan fingerprint density at radius 1 is 1.28 bits per heavy atom. The van der Waals surface area contributed by atoms with Crippen molar-refractivity contribution in [2.75, 3.05) is 31.6 Å². The van der Waals surface area contributed by atoms with Gasteiger partial charge in [0.2, 0.25) is 5.91 Å². The van der Waals surface area contributed by atoms with E-state index < -0.39 is 6.04 Å². The third-order valence-electron chi connectivity index (χ3n) is 4.19. The molecule has 134 valence electrons. The maximum atomic E-state index is 13.3. The molecule has 0 saturated carbocycles. The topological polar surface area (TPSA) is 54.5 Å². The van der Waals surface area contributed by atoms with E-state index in [1.807, 2.05) is 5.38 Å². The molecule has 0 aliphatic carbocycles. The zero-order valence-corrected chi connectivity index (χ0v) is 15.2. The average Bonchev–Trinajstić information content (AvgIpc) is 3.07. The summed E-state index contributed by atoms with van der Waals surface area (Å²) in [6.07, 6.45) is 0. The van der Waals surface area contributed by atoms with E-state index in [0.717, 1.165) is 11.3 Å². The highest BCUT2D eigenvalue weighted by atomic mass is 32.1. The van der Waals surface area contributed by atoms with Crippen LogP contribution in [0, 0.1) is 5.82 Å². The molecule has 1 fully saturated rings. The Morgan fingerprint density at radius 2 is 1.96 bits per heavy atom.